The van der Waals surface area contributed by atoms with Crippen LogP contribution < -0.4 is 10.6 Å². The molecule has 1 fully saturated rings. The summed E-state index contributed by atoms with van der Waals surface area (Å²) in [7, 11) is 0. The first-order valence-electron chi connectivity index (χ1n) is 12.3. The number of carbonyl (C=O) groups excluding carboxylic acids is 3. The van der Waals surface area contributed by atoms with Gasteiger partial charge in [0.1, 0.15) is 0 Å². The highest BCUT2D eigenvalue weighted by Crippen LogP contribution is 2.37. The first-order valence-corrected chi connectivity index (χ1v) is 13.9. The molecular formula is C27H26Cl2N4O5S. The number of nitrogens with zero attached hydrogens (tertiary/aromatic N) is 2. The standard InChI is InChI=1S/C27H26Cl2N4O5S/c28-23-16(12-17-7-11-39-25(17)24(23)29)3-4-21(34)33-9-5-20(6-10-33)32-27(38)19(13-22(35)36)15-31-26(37)18-2-1-8-30-14-18/h1-4,7-8,11-12,14,19-20H,5-6,9-10,13,15H2,(H,31,37)(H,32,38)(H,35,36)/b4-3+. The van der Waals surface area contributed by atoms with Crippen molar-refractivity contribution in [3.05, 3.63) is 69.3 Å². The third-order valence-electron chi connectivity index (χ3n) is 6.44. The van der Waals surface area contributed by atoms with Crippen molar-refractivity contribution in [3.8, 4) is 0 Å². The minimum absolute atomic E-state index is 0.127. The van der Waals surface area contributed by atoms with Crippen molar-refractivity contribution in [1.82, 2.24) is 20.5 Å². The van der Waals surface area contributed by atoms with E-state index in [0.29, 0.717) is 47.1 Å². The number of hydrogen-bond acceptors (Lipinski definition) is 6. The topological polar surface area (TPSA) is 129 Å². The van der Waals surface area contributed by atoms with Crippen molar-refractivity contribution in [2.45, 2.75) is 25.3 Å². The summed E-state index contributed by atoms with van der Waals surface area (Å²) in [6.45, 7) is 0.721. The smallest absolute Gasteiger partial charge is 0.304 e. The average molecular weight is 590 g/mol. The molecule has 0 bridgehead atoms. The van der Waals surface area contributed by atoms with Crippen LogP contribution in [-0.4, -0.2) is 64.4 Å². The van der Waals surface area contributed by atoms with Crippen LogP contribution in [0.15, 0.2) is 48.1 Å². The summed E-state index contributed by atoms with van der Waals surface area (Å²) < 4.78 is 0.899. The number of carboxylic acid groups (broad SMARTS) is 1. The molecule has 2 aromatic heterocycles. The summed E-state index contributed by atoms with van der Waals surface area (Å²) in [5.41, 5.74) is 0.971. The van der Waals surface area contributed by atoms with E-state index in [1.54, 1.807) is 23.1 Å². The number of hydrogen-bond donors (Lipinski definition) is 3. The number of amides is 3. The lowest BCUT2D eigenvalue weighted by Crippen LogP contribution is -2.49. The summed E-state index contributed by atoms with van der Waals surface area (Å²) in [5, 5.41) is 18.5. The molecule has 0 saturated carbocycles. The number of benzene rings is 1. The Kier molecular flexibility index (Phi) is 9.55. The van der Waals surface area contributed by atoms with E-state index in [2.05, 4.69) is 15.6 Å². The fourth-order valence-corrected chi connectivity index (χ4v) is 5.74. The largest absolute Gasteiger partial charge is 0.481 e. The maximum atomic E-state index is 12.9. The van der Waals surface area contributed by atoms with Gasteiger partial charge in [0.2, 0.25) is 11.8 Å². The fourth-order valence-electron chi connectivity index (χ4n) is 4.30. The molecule has 0 aliphatic carbocycles. The number of aromatic nitrogens is 1. The Bertz CT molecular complexity index is 1400. The van der Waals surface area contributed by atoms with Crippen LogP contribution in [0.3, 0.4) is 0 Å². The SMILES string of the molecule is O=C(O)CC(CNC(=O)c1cccnc1)C(=O)NC1CCN(C(=O)/C=C/c2cc3ccsc3c(Cl)c2Cl)CC1. The number of pyridine rings is 1. The molecule has 4 rings (SSSR count). The summed E-state index contributed by atoms with van der Waals surface area (Å²) >= 11 is 14.3. The number of halogens is 2. The number of thiophene rings is 1. The van der Waals surface area contributed by atoms with Crippen molar-refractivity contribution in [2.75, 3.05) is 19.6 Å². The lowest BCUT2D eigenvalue weighted by atomic mass is 10.0. The lowest BCUT2D eigenvalue weighted by molar-refractivity contribution is -0.141. The zero-order valence-corrected chi connectivity index (χ0v) is 23.1. The van der Waals surface area contributed by atoms with Crippen LogP contribution in [-0.2, 0) is 14.4 Å². The second-order valence-corrected chi connectivity index (χ2v) is 10.8. The minimum atomic E-state index is -1.14. The van der Waals surface area contributed by atoms with Gasteiger partial charge in [-0.25, -0.2) is 0 Å². The normalized spacial score (nSPS) is 14.9. The summed E-state index contributed by atoms with van der Waals surface area (Å²) in [5.74, 6) is -3.16. The monoisotopic (exact) mass is 588 g/mol. The highest BCUT2D eigenvalue weighted by Gasteiger charge is 2.28. The highest BCUT2D eigenvalue weighted by atomic mass is 35.5. The van der Waals surface area contributed by atoms with Crippen LogP contribution in [0.25, 0.3) is 16.2 Å². The Morgan fingerprint density at radius 2 is 1.95 bits per heavy atom. The minimum Gasteiger partial charge on any atom is -0.481 e. The Labute approximate surface area is 238 Å². The van der Waals surface area contributed by atoms with Gasteiger partial charge in [0.25, 0.3) is 5.91 Å². The third kappa shape index (κ3) is 7.35. The van der Waals surface area contributed by atoms with Gasteiger partial charge in [-0.15, -0.1) is 11.3 Å². The maximum Gasteiger partial charge on any atom is 0.304 e. The van der Waals surface area contributed by atoms with E-state index in [1.807, 2.05) is 17.5 Å². The van der Waals surface area contributed by atoms with Crippen molar-refractivity contribution in [1.29, 1.82) is 0 Å². The van der Waals surface area contributed by atoms with Crippen molar-refractivity contribution in [3.63, 3.8) is 0 Å². The van der Waals surface area contributed by atoms with E-state index in [9.17, 15) is 24.3 Å². The molecule has 1 aliphatic rings. The molecule has 12 heteroatoms. The second-order valence-electron chi connectivity index (χ2n) is 9.12. The summed E-state index contributed by atoms with van der Waals surface area (Å²) in [6, 6.07) is 6.79. The Morgan fingerprint density at radius 1 is 1.18 bits per heavy atom. The van der Waals surface area contributed by atoms with Gasteiger partial charge in [-0.2, -0.15) is 0 Å². The van der Waals surface area contributed by atoms with E-state index >= 15 is 0 Å². The molecule has 0 spiro atoms. The van der Waals surface area contributed by atoms with Gasteiger partial charge in [-0.3, -0.25) is 24.2 Å². The first-order chi connectivity index (χ1) is 18.7. The summed E-state index contributed by atoms with van der Waals surface area (Å²) in [4.78, 5) is 54.8. The number of piperidine rings is 1. The number of aliphatic carboxylic acids is 1. The highest BCUT2D eigenvalue weighted by molar-refractivity contribution is 7.18. The molecule has 1 unspecified atom stereocenters. The van der Waals surface area contributed by atoms with Crippen LogP contribution in [0, 0.1) is 5.92 Å². The number of carboxylic acids is 1. The van der Waals surface area contributed by atoms with Crippen LogP contribution >= 0.6 is 34.5 Å². The van der Waals surface area contributed by atoms with Gasteiger partial charge in [-0.1, -0.05) is 23.2 Å². The molecule has 0 radical (unpaired) electrons. The zero-order chi connectivity index (χ0) is 27.9. The third-order valence-corrected chi connectivity index (χ3v) is 8.38. The molecule has 3 heterocycles. The molecule has 3 amide bonds. The molecule has 39 heavy (non-hydrogen) atoms. The molecule has 1 aliphatic heterocycles. The van der Waals surface area contributed by atoms with Crippen molar-refractivity contribution < 1.29 is 24.3 Å². The molecule has 1 aromatic carbocycles. The summed E-state index contributed by atoms with van der Waals surface area (Å²) in [6.07, 6.45) is 6.63. The molecule has 3 aromatic rings. The van der Waals surface area contributed by atoms with Gasteiger partial charge in [0, 0.05) is 44.1 Å². The van der Waals surface area contributed by atoms with Crippen molar-refractivity contribution >= 4 is 74.4 Å². The maximum absolute atomic E-state index is 12.9. The molecular weight excluding hydrogens is 563 g/mol. The van der Waals surface area contributed by atoms with E-state index in [4.69, 9.17) is 23.2 Å². The van der Waals surface area contributed by atoms with E-state index in [-0.39, 0.29) is 18.5 Å². The van der Waals surface area contributed by atoms with Crippen LogP contribution in [0.4, 0.5) is 0 Å². The quantitative estimate of drug-likeness (QED) is 0.321. The molecule has 204 valence electrons. The van der Waals surface area contributed by atoms with Gasteiger partial charge in [0.05, 0.1) is 32.6 Å². The molecule has 9 nitrogen and oxygen atoms in total. The van der Waals surface area contributed by atoms with E-state index < -0.39 is 30.1 Å². The average Bonchev–Trinajstić information content (AvgIpc) is 3.41. The van der Waals surface area contributed by atoms with E-state index in [1.165, 1.54) is 29.8 Å². The number of nitrogens with one attached hydrogen (secondary N) is 2. The molecule has 3 N–H and O–H groups in total. The first kappa shape index (κ1) is 28.5. The van der Waals surface area contributed by atoms with Crippen LogP contribution in [0.5, 0.6) is 0 Å². The van der Waals surface area contributed by atoms with Gasteiger partial charge in [-0.05, 0) is 59.5 Å². The predicted octanol–water partition coefficient (Wildman–Crippen LogP) is 4.24. The number of carbonyl (C=O) groups is 4. The van der Waals surface area contributed by atoms with Crippen molar-refractivity contribution in [2.24, 2.45) is 5.92 Å². The zero-order valence-electron chi connectivity index (χ0n) is 20.7. The van der Waals surface area contributed by atoms with E-state index in [0.717, 1.165) is 10.1 Å². The Hall–Kier alpha value is -3.47. The van der Waals surface area contributed by atoms with Crippen LogP contribution in [0.2, 0.25) is 10.0 Å². The van der Waals surface area contributed by atoms with Crippen LogP contribution in [0.1, 0.15) is 35.2 Å². The van der Waals surface area contributed by atoms with Gasteiger partial charge >= 0.3 is 5.97 Å². The lowest BCUT2D eigenvalue weighted by Gasteiger charge is -2.32. The fraction of sp³-hybridized carbons (Fsp3) is 0.296. The molecule has 1 atom stereocenters. The Morgan fingerprint density at radius 3 is 2.64 bits per heavy atom. The Balaban J connectivity index is 1.29. The van der Waals surface area contributed by atoms with Gasteiger partial charge in [0.15, 0.2) is 0 Å². The second kappa shape index (κ2) is 13.1. The molecule has 1 saturated heterocycles. The number of likely N-dealkylation sites (tertiary alicyclic amines) is 1. The van der Waals surface area contributed by atoms with Gasteiger partial charge < -0.3 is 20.6 Å². The predicted molar refractivity (Wildman–Crippen MR) is 151 cm³/mol. The number of rotatable bonds is 9. The number of fused-ring (bicyclic) bond motifs is 1.